The zero-order valence-electron chi connectivity index (χ0n) is 17.9. The average molecular weight is 445 g/mol. The number of aryl methyl sites for hydroxylation is 1. The van der Waals surface area contributed by atoms with Crippen molar-refractivity contribution in [2.75, 3.05) is 42.9 Å². The first-order valence-corrected chi connectivity index (χ1v) is 11.0. The van der Waals surface area contributed by atoms with Gasteiger partial charge in [-0.3, -0.25) is 4.90 Å². The Kier molecular flexibility index (Phi) is 5.40. The SMILES string of the molecule is Cc1cc(NCc2ccc(N3CCN(CC4CC4)CC3)cc2)n2nc(C(F)(F)F)nc2n1. The van der Waals surface area contributed by atoms with E-state index in [1.54, 1.807) is 13.0 Å². The van der Waals surface area contributed by atoms with E-state index in [-0.39, 0.29) is 5.78 Å². The summed E-state index contributed by atoms with van der Waals surface area (Å²) in [6, 6.07) is 9.98. The number of aromatic nitrogens is 4. The topological polar surface area (TPSA) is 61.6 Å². The van der Waals surface area contributed by atoms with Crippen LogP contribution in [0.3, 0.4) is 0 Å². The van der Waals surface area contributed by atoms with Crippen molar-refractivity contribution >= 4 is 17.3 Å². The maximum absolute atomic E-state index is 13.0. The number of alkyl halides is 3. The monoisotopic (exact) mass is 445 g/mol. The van der Waals surface area contributed by atoms with Crippen molar-refractivity contribution in [3.8, 4) is 0 Å². The number of nitrogens with one attached hydrogen (secondary N) is 1. The summed E-state index contributed by atoms with van der Waals surface area (Å²) < 4.78 is 40.1. The first-order valence-electron chi connectivity index (χ1n) is 11.0. The van der Waals surface area contributed by atoms with Gasteiger partial charge in [-0.1, -0.05) is 12.1 Å². The molecule has 0 radical (unpaired) electrons. The van der Waals surface area contributed by atoms with Crippen molar-refractivity contribution in [1.29, 1.82) is 0 Å². The standard InChI is InChI=1S/C22H26F3N7/c1-15-12-19(32-21(27-15)28-20(29-32)22(23,24)25)26-13-16-4-6-18(7-5-16)31-10-8-30(9-11-31)14-17-2-3-17/h4-7,12,17,26H,2-3,8-11,13-14H2,1H3. The zero-order valence-corrected chi connectivity index (χ0v) is 17.9. The third-order valence-corrected chi connectivity index (χ3v) is 6.05. The minimum atomic E-state index is -4.61. The highest BCUT2D eigenvalue weighted by atomic mass is 19.4. The lowest BCUT2D eigenvalue weighted by Crippen LogP contribution is -2.47. The maximum atomic E-state index is 13.0. The van der Waals surface area contributed by atoms with E-state index in [0.29, 0.717) is 18.1 Å². The molecule has 0 bridgehead atoms. The molecule has 170 valence electrons. The third kappa shape index (κ3) is 4.64. The van der Waals surface area contributed by atoms with Gasteiger partial charge < -0.3 is 10.2 Å². The Morgan fingerprint density at radius 3 is 2.41 bits per heavy atom. The Morgan fingerprint density at radius 1 is 1.03 bits per heavy atom. The molecule has 5 rings (SSSR count). The molecule has 3 heterocycles. The Labute approximate surface area is 184 Å². The van der Waals surface area contributed by atoms with Crippen molar-refractivity contribution in [2.45, 2.75) is 32.5 Å². The predicted molar refractivity (Wildman–Crippen MR) is 116 cm³/mol. The molecular formula is C22H26F3N7. The highest BCUT2D eigenvalue weighted by Crippen LogP contribution is 2.30. The lowest BCUT2D eigenvalue weighted by atomic mass is 10.1. The van der Waals surface area contributed by atoms with E-state index in [0.717, 1.165) is 42.2 Å². The minimum absolute atomic E-state index is 0.0731. The first kappa shape index (κ1) is 21.0. The van der Waals surface area contributed by atoms with Gasteiger partial charge in [0.1, 0.15) is 5.82 Å². The van der Waals surface area contributed by atoms with E-state index in [4.69, 9.17) is 0 Å². The minimum Gasteiger partial charge on any atom is -0.369 e. The van der Waals surface area contributed by atoms with E-state index in [1.807, 2.05) is 12.1 Å². The molecule has 3 aromatic rings. The van der Waals surface area contributed by atoms with Crippen LogP contribution in [0.5, 0.6) is 0 Å². The molecule has 2 aliphatic rings. The summed E-state index contributed by atoms with van der Waals surface area (Å²) in [5.74, 6) is 0.0823. The quantitative estimate of drug-likeness (QED) is 0.626. The molecule has 2 fully saturated rings. The number of nitrogens with zero attached hydrogens (tertiary/aromatic N) is 6. The lowest BCUT2D eigenvalue weighted by Gasteiger charge is -2.36. The van der Waals surface area contributed by atoms with Gasteiger partial charge in [0.2, 0.25) is 0 Å². The van der Waals surface area contributed by atoms with Crippen LogP contribution < -0.4 is 10.2 Å². The fraction of sp³-hybridized carbons (Fsp3) is 0.500. The summed E-state index contributed by atoms with van der Waals surface area (Å²) >= 11 is 0. The van der Waals surface area contributed by atoms with Gasteiger partial charge in [-0.2, -0.15) is 22.7 Å². The average Bonchev–Trinajstić information content (AvgIpc) is 3.46. The van der Waals surface area contributed by atoms with Crippen LogP contribution in [0.25, 0.3) is 5.78 Å². The van der Waals surface area contributed by atoms with E-state index in [1.165, 1.54) is 25.1 Å². The molecule has 1 saturated carbocycles. The molecule has 2 aromatic heterocycles. The number of anilines is 2. The molecule has 0 unspecified atom stereocenters. The number of hydrogen-bond donors (Lipinski definition) is 1. The molecule has 1 aliphatic heterocycles. The van der Waals surface area contributed by atoms with Gasteiger partial charge in [0, 0.05) is 56.7 Å². The Bertz CT molecular complexity index is 1080. The van der Waals surface area contributed by atoms with Crippen LogP contribution in [0, 0.1) is 12.8 Å². The van der Waals surface area contributed by atoms with Crippen LogP contribution in [0.15, 0.2) is 30.3 Å². The number of fused-ring (bicyclic) bond motifs is 1. The highest BCUT2D eigenvalue weighted by molar-refractivity contribution is 5.50. The predicted octanol–water partition coefficient (Wildman–Crippen LogP) is 3.60. The van der Waals surface area contributed by atoms with Crippen LogP contribution in [0.4, 0.5) is 24.7 Å². The summed E-state index contributed by atoms with van der Waals surface area (Å²) in [4.78, 5) is 12.5. The number of hydrogen-bond acceptors (Lipinski definition) is 6. The van der Waals surface area contributed by atoms with Gasteiger partial charge in [0.05, 0.1) is 0 Å². The Morgan fingerprint density at radius 2 is 1.75 bits per heavy atom. The molecule has 0 amide bonds. The zero-order chi connectivity index (χ0) is 22.3. The van der Waals surface area contributed by atoms with Crippen molar-refractivity contribution in [1.82, 2.24) is 24.5 Å². The second-order valence-electron chi connectivity index (χ2n) is 8.68. The van der Waals surface area contributed by atoms with Crippen molar-refractivity contribution in [3.63, 3.8) is 0 Å². The summed E-state index contributed by atoms with van der Waals surface area (Å²) in [6.45, 7) is 7.70. The third-order valence-electron chi connectivity index (χ3n) is 6.05. The van der Waals surface area contributed by atoms with Crippen LogP contribution in [0.1, 0.15) is 29.9 Å². The Hall–Kier alpha value is -2.88. The fourth-order valence-electron chi connectivity index (χ4n) is 4.10. The molecule has 10 heteroatoms. The van der Waals surface area contributed by atoms with E-state index in [2.05, 4.69) is 42.3 Å². The van der Waals surface area contributed by atoms with Gasteiger partial charge in [-0.25, -0.2) is 4.98 Å². The highest BCUT2D eigenvalue weighted by Gasteiger charge is 2.36. The van der Waals surface area contributed by atoms with Crippen LogP contribution >= 0.6 is 0 Å². The second-order valence-corrected chi connectivity index (χ2v) is 8.68. The van der Waals surface area contributed by atoms with Crippen LogP contribution in [-0.4, -0.2) is 57.2 Å². The van der Waals surface area contributed by atoms with Crippen molar-refractivity contribution < 1.29 is 13.2 Å². The second kappa shape index (κ2) is 8.23. The normalized spacial score (nSPS) is 17.8. The molecule has 0 atom stereocenters. The summed E-state index contributed by atoms with van der Waals surface area (Å²) in [5.41, 5.74) is 2.80. The largest absolute Gasteiger partial charge is 0.453 e. The first-order chi connectivity index (χ1) is 15.3. The van der Waals surface area contributed by atoms with E-state index >= 15 is 0 Å². The van der Waals surface area contributed by atoms with Gasteiger partial charge >= 0.3 is 6.18 Å². The smallest absolute Gasteiger partial charge is 0.369 e. The molecule has 1 aromatic carbocycles. The number of rotatable bonds is 6. The summed E-state index contributed by atoms with van der Waals surface area (Å²) in [6.07, 6.45) is -1.83. The maximum Gasteiger partial charge on any atom is 0.453 e. The van der Waals surface area contributed by atoms with Gasteiger partial charge in [-0.15, -0.1) is 5.10 Å². The molecule has 1 N–H and O–H groups in total. The number of benzene rings is 1. The van der Waals surface area contributed by atoms with Crippen LogP contribution in [-0.2, 0) is 12.7 Å². The van der Waals surface area contributed by atoms with Gasteiger partial charge in [0.25, 0.3) is 11.6 Å². The summed E-state index contributed by atoms with van der Waals surface area (Å²) in [7, 11) is 0. The molecule has 1 aliphatic carbocycles. The van der Waals surface area contributed by atoms with Crippen molar-refractivity contribution in [2.24, 2.45) is 5.92 Å². The molecule has 7 nitrogen and oxygen atoms in total. The van der Waals surface area contributed by atoms with Gasteiger partial charge in [0.15, 0.2) is 0 Å². The van der Waals surface area contributed by atoms with E-state index in [9.17, 15) is 13.2 Å². The molecule has 1 saturated heterocycles. The summed E-state index contributed by atoms with van der Waals surface area (Å²) in [5, 5.41) is 6.76. The van der Waals surface area contributed by atoms with Crippen molar-refractivity contribution in [3.05, 3.63) is 47.4 Å². The lowest BCUT2D eigenvalue weighted by molar-refractivity contribution is -0.144. The number of halogens is 3. The molecule has 0 spiro atoms. The fourth-order valence-corrected chi connectivity index (χ4v) is 4.10. The van der Waals surface area contributed by atoms with Gasteiger partial charge in [-0.05, 0) is 43.4 Å². The van der Waals surface area contributed by atoms with Crippen LogP contribution in [0.2, 0.25) is 0 Å². The Balaban J connectivity index is 1.23. The molecule has 32 heavy (non-hydrogen) atoms. The number of piperazine rings is 1. The molecular weight excluding hydrogens is 419 g/mol. The van der Waals surface area contributed by atoms with E-state index < -0.39 is 12.0 Å².